The summed E-state index contributed by atoms with van der Waals surface area (Å²) in [5.74, 6) is -0.673. The number of nitrogens with one attached hydrogen (secondary N) is 1. The highest BCUT2D eigenvalue weighted by atomic mass is 32.1. The van der Waals surface area contributed by atoms with Gasteiger partial charge in [-0.2, -0.15) is 0 Å². The van der Waals surface area contributed by atoms with Gasteiger partial charge in [-0.3, -0.25) is 5.32 Å². The Morgan fingerprint density at radius 3 is 3.11 bits per heavy atom. The largest absolute Gasteiger partial charge is 0.478 e. The molecule has 0 saturated carbocycles. The van der Waals surface area contributed by atoms with Crippen LogP contribution < -0.4 is 5.32 Å². The molecule has 1 aromatic heterocycles. The highest BCUT2D eigenvalue weighted by Gasteiger charge is 2.27. The van der Waals surface area contributed by atoms with Crippen LogP contribution in [0.4, 0.5) is 9.80 Å². The summed E-state index contributed by atoms with van der Waals surface area (Å²) in [6, 6.07) is 1.24. The molecule has 2 amide bonds. The minimum Gasteiger partial charge on any atom is -0.478 e. The first-order valence-electron chi connectivity index (χ1n) is 5.97. The standard InChI is InChI=1S/C12H16N2O4S/c1-18-7-8-2-4-14(6-8)12(17)13-10-9(11(15)16)3-5-19-10/h3,5,8H,2,4,6-7H2,1H3,(H,13,17)(H,15,16). The zero-order chi connectivity index (χ0) is 13.8. The molecular formula is C12H16N2O4S. The number of methoxy groups -OCH3 is 1. The first-order valence-corrected chi connectivity index (χ1v) is 6.85. The van der Waals surface area contributed by atoms with Crippen LogP contribution in [0, 0.1) is 5.92 Å². The Kier molecular flexibility index (Phi) is 4.39. The molecule has 1 fully saturated rings. The molecule has 7 heteroatoms. The van der Waals surface area contributed by atoms with Gasteiger partial charge in [0.25, 0.3) is 0 Å². The van der Waals surface area contributed by atoms with E-state index in [1.807, 2.05) is 0 Å². The number of thiophene rings is 1. The van der Waals surface area contributed by atoms with E-state index in [2.05, 4.69) is 5.32 Å². The number of carboxylic acids is 1. The fourth-order valence-electron chi connectivity index (χ4n) is 2.14. The van der Waals surface area contributed by atoms with Crippen LogP contribution in [0.1, 0.15) is 16.8 Å². The normalized spacial score (nSPS) is 18.6. The van der Waals surface area contributed by atoms with E-state index in [1.165, 1.54) is 17.4 Å². The van der Waals surface area contributed by atoms with Crippen LogP contribution >= 0.6 is 11.3 Å². The number of ether oxygens (including phenoxy) is 1. The molecule has 0 radical (unpaired) electrons. The Morgan fingerprint density at radius 2 is 2.42 bits per heavy atom. The number of anilines is 1. The van der Waals surface area contributed by atoms with Gasteiger partial charge in [0.1, 0.15) is 5.00 Å². The van der Waals surface area contributed by atoms with Gasteiger partial charge in [-0.25, -0.2) is 9.59 Å². The van der Waals surface area contributed by atoms with E-state index in [-0.39, 0.29) is 11.6 Å². The van der Waals surface area contributed by atoms with Gasteiger partial charge in [0.15, 0.2) is 0 Å². The molecule has 6 nitrogen and oxygen atoms in total. The van der Waals surface area contributed by atoms with E-state index in [1.54, 1.807) is 17.4 Å². The monoisotopic (exact) mass is 284 g/mol. The summed E-state index contributed by atoms with van der Waals surface area (Å²) in [7, 11) is 1.65. The Morgan fingerprint density at radius 1 is 1.63 bits per heavy atom. The number of urea groups is 1. The number of likely N-dealkylation sites (tertiary alicyclic amines) is 1. The van der Waals surface area contributed by atoms with Gasteiger partial charge in [-0.15, -0.1) is 11.3 Å². The molecule has 2 heterocycles. The van der Waals surface area contributed by atoms with E-state index in [0.717, 1.165) is 6.42 Å². The van der Waals surface area contributed by atoms with Gasteiger partial charge >= 0.3 is 12.0 Å². The number of rotatable bonds is 4. The molecule has 0 aromatic carbocycles. The molecule has 1 aliphatic rings. The predicted octanol–water partition coefficient (Wildman–Crippen LogP) is 1.95. The number of carbonyl (C=O) groups excluding carboxylic acids is 1. The van der Waals surface area contributed by atoms with Crippen molar-refractivity contribution in [2.24, 2.45) is 5.92 Å². The second-order valence-electron chi connectivity index (χ2n) is 4.45. The third-order valence-corrected chi connectivity index (χ3v) is 3.92. The predicted molar refractivity (Wildman–Crippen MR) is 71.9 cm³/mol. The number of nitrogens with zero attached hydrogens (tertiary/aromatic N) is 1. The van der Waals surface area contributed by atoms with Gasteiger partial charge in [0.2, 0.25) is 0 Å². The lowest BCUT2D eigenvalue weighted by Crippen LogP contribution is -2.33. The van der Waals surface area contributed by atoms with Crippen LogP contribution in [-0.2, 0) is 4.74 Å². The van der Waals surface area contributed by atoms with Gasteiger partial charge in [-0.05, 0) is 17.9 Å². The zero-order valence-corrected chi connectivity index (χ0v) is 11.4. The van der Waals surface area contributed by atoms with E-state index in [0.29, 0.717) is 30.6 Å². The molecule has 1 unspecified atom stereocenters. The van der Waals surface area contributed by atoms with Crippen molar-refractivity contribution in [1.82, 2.24) is 4.90 Å². The number of hydrogen-bond donors (Lipinski definition) is 2. The summed E-state index contributed by atoms with van der Waals surface area (Å²) in [5.41, 5.74) is 0.131. The first kappa shape index (κ1) is 13.8. The van der Waals surface area contributed by atoms with Crippen LogP contribution in [0.5, 0.6) is 0 Å². The average molecular weight is 284 g/mol. The Bertz CT molecular complexity index is 474. The Labute approximate surface area is 115 Å². The quantitative estimate of drug-likeness (QED) is 0.885. The van der Waals surface area contributed by atoms with E-state index in [9.17, 15) is 9.59 Å². The molecule has 1 aliphatic heterocycles. The summed E-state index contributed by atoms with van der Waals surface area (Å²) >= 11 is 1.21. The molecule has 0 bridgehead atoms. The number of carbonyl (C=O) groups is 2. The van der Waals surface area contributed by atoms with E-state index >= 15 is 0 Å². The van der Waals surface area contributed by atoms with Crippen LogP contribution in [-0.4, -0.2) is 48.8 Å². The third kappa shape index (κ3) is 3.24. The second kappa shape index (κ2) is 6.03. The van der Waals surface area contributed by atoms with Gasteiger partial charge < -0.3 is 14.7 Å². The van der Waals surface area contributed by atoms with Crippen molar-refractivity contribution in [2.75, 3.05) is 32.1 Å². The van der Waals surface area contributed by atoms with Crippen LogP contribution in [0.3, 0.4) is 0 Å². The number of amides is 2. The topological polar surface area (TPSA) is 78.9 Å². The van der Waals surface area contributed by atoms with Crippen LogP contribution in [0.25, 0.3) is 0 Å². The van der Waals surface area contributed by atoms with Gasteiger partial charge in [-0.1, -0.05) is 0 Å². The molecule has 104 valence electrons. The van der Waals surface area contributed by atoms with Crippen LogP contribution in [0.2, 0.25) is 0 Å². The fraction of sp³-hybridized carbons (Fsp3) is 0.500. The number of hydrogen-bond acceptors (Lipinski definition) is 4. The van der Waals surface area contributed by atoms with Crippen molar-refractivity contribution >= 4 is 28.3 Å². The second-order valence-corrected chi connectivity index (χ2v) is 5.37. The summed E-state index contributed by atoms with van der Waals surface area (Å²) in [6.07, 6.45) is 0.914. The molecule has 0 spiro atoms. The third-order valence-electron chi connectivity index (χ3n) is 3.09. The maximum absolute atomic E-state index is 12.0. The molecule has 1 saturated heterocycles. The van der Waals surface area contributed by atoms with Gasteiger partial charge in [0.05, 0.1) is 12.2 Å². The lowest BCUT2D eigenvalue weighted by atomic mass is 10.1. The smallest absolute Gasteiger partial charge is 0.338 e. The zero-order valence-electron chi connectivity index (χ0n) is 10.6. The maximum atomic E-state index is 12.0. The van der Waals surface area contributed by atoms with E-state index in [4.69, 9.17) is 9.84 Å². The first-order chi connectivity index (χ1) is 9.11. The minimum atomic E-state index is -1.03. The minimum absolute atomic E-state index is 0.131. The SMILES string of the molecule is COCC1CCN(C(=O)Nc2sccc2C(=O)O)C1. The summed E-state index contributed by atoms with van der Waals surface area (Å²) in [6.45, 7) is 1.96. The highest BCUT2D eigenvalue weighted by Crippen LogP contribution is 2.24. The lowest BCUT2D eigenvalue weighted by molar-refractivity contribution is 0.0698. The van der Waals surface area contributed by atoms with Crippen LogP contribution in [0.15, 0.2) is 11.4 Å². The van der Waals surface area contributed by atoms with E-state index < -0.39 is 5.97 Å². The average Bonchev–Trinajstić information content (AvgIpc) is 2.98. The van der Waals surface area contributed by atoms with Crippen molar-refractivity contribution in [3.8, 4) is 0 Å². The van der Waals surface area contributed by atoms with Crippen molar-refractivity contribution < 1.29 is 19.4 Å². The Hall–Kier alpha value is -1.60. The number of aromatic carboxylic acids is 1. The Balaban J connectivity index is 1.94. The van der Waals surface area contributed by atoms with Gasteiger partial charge in [0, 0.05) is 26.1 Å². The maximum Gasteiger partial charge on any atom is 0.338 e. The molecule has 19 heavy (non-hydrogen) atoms. The van der Waals surface area contributed by atoms with Crippen molar-refractivity contribution in [2.45, 2.75) is 6.42 Å². The summed E-state index contributed by atoms with van der Waals surface area (Å²) < 4.78 is 5.08. The molecular weight excluding hydrogens is 268 g/mol. The van der Waals surface area contributed by atoms with Crippen molar-refractivity contribution in [3.63, 3.8) is 0 Å². The molecule has 2 rings (SSSR count). The fourth-order valence-corrected chi connectivity index (χ4v) is 2.91. The summed E-state index contributed by atoms with van der Waals surface area (Å²) in [5, 5.41) is 13.7. The van der Waals surface area contributed by atoms with Crippen molar-refractivity contribution in [3.05, 3.63) is 17.0 Å². The highest BCUT2D eigenvalue weighted by molar-refractivity contribution is 7.14. The molecule has 1 aromatic rings. The number of carboxylic acid groups (broad SMARTS) is 1. The molecule has 0 aliphatic carbocycles. The molecule has 2 N–H and O–H groups in total. The lowest BCUT2D eigenvalue weighted by Gasteiger charge is -2.17. The molecule has 1 atom stereocenters. The summed E-state index contributed by atoms with van der Waals surface area (Å²) in [4.78, 5) is 24.7. The van der Waals surface area contributed by atoms with Crippen molar-refractivity contribution in [1.29, 1.82) is 0 Å².